The third kappa shape index (κ3) is 2.44. The van der Waals surface area contributed by atoms with Crippen molar-refractivity contribution in [2.24, 2.45) is 17.6 Å². The minimum absolute atomic E-state index is 0.501. The molecule has 13 heavy (non-hydrogen) atoms. The van der Waals surface area contributed by atoms with Gasteiger partial charge in [0.1, 0.15) is 0 Å². The van der Waals surface area contributed by atoms with E-state index in [4.69, 9.17) is 5.73 Å². The van der Waals surface area contributed by atoms with E-state index < -0.39 is 0 Å². The SMILES string of the molecule is CN1CCCCC(C(N)C2CC2)C1. The number of nitrogens with zero attached hydrogens (tertiary/aromatic N) is 1. The van der Waals surface area contributed by atoms with Crippen LogP contribution in [0.2, 0.25) is 0 Å². The zero-order valence-corrected chi connectivity index (χ0v) is 8.71. The summed E-state index contributed by atoms with van der Waals surface area (Å²) in [5.41, 5.74) is 6.26. The Morgan fingerprint density at radius 2 is 1.92 bits per heavy atom. The second-order valence-corrected chi connectivity index (χ2v) is 4.93. The maximum absolute atomic E-state index is 6.26. The molecule has 2 fully saturated rings. The molecule has 1 heterocycles. The highest BCUT2D eigenvalue weighted by molar-refractivity contribution is 4.90. The number of hydrogen-bond acceptors (Lipinski definition) is 2. The van der Waals surface area contributed by atoms with Crippen molar-refractivity contribution in [3.8, 4) is 0 Å². The standard InChI is InChI=1S/C11H22N2/c1-13-7-3-2-4-10(8-13)11(12)9-5-6-9/h9-11H,2-8,12H2,1H3. The summed E-state index contributed by atoms with van der Waals surface area (Å²) in [6, 6.07) is 0.501. The van der Waals surface area contributed by atoms with Crippen molar-refractivity contribution in [1.82, 2.24) is 4.90 Å². The monoisotopic (exact) mass is 182 g/mol. The molecule has 2 heteroatoms. The maximum Gasteiger partial charge on any atom is 0.0108 e. The molecule has 2 N–H and O–H groups in total. The van der Waals surface area contributed by atoms with Crippen LogP contribution in [0.5, 0.6) is 0 Å². The van der Waals surface area contributed by atoms with Crippen LogP contribution >= 0.6 is 0 Å². The lowest BCUT2D eigenvalue weighted by atomic mass is 9.92. The molecular weight excluding hydrogens is 160 g/mol. The van der Waals surface area contributed by atoms with Gasteiger partial charge in [-0.15, -0.1) is 0 Å². The molecule has 76 valence electrons. The largest absolute Gasteiger partial charge is 0.327 e. The van der Waals surface area contributed by atoms with Crippen molar-refractivity contribution in [3.05, 3.63) is 0 Å². The summed E-state index contributed by atoms with van der Waals surface area (Å²) in [4.78, 5) is 2.46. The summed E-state index contributed by atoms with van der Waals surface area (Å²) in [7, 11) is 2.23. The predicted molar refractivity (Wildman–Crippen MR) is 55.5 cm³/mol. The summed E-state index contributed by atoms with van der Waals surface area (Å²) >= 11 is 0. The molecule has 2 nitrogen and oxygen atoms in total. The van der Waals surface area contributed by atoms with Crippen molar-refractivity contribution in [3.63, 3.8) is 0 Å². The van der Waals surface area contributed by atoms with Crippen molar-refractivity contribution >= 4 is 0 Å². The minimum atomic E-state index is 0.501. The van der Waals surface area contributed by atoms with Gasteiger partial charge in [0.2, 0.25) is 0 Å². The van der Waals surface area contributed by atoms with Gasteiger partial charge in [-0.3, -0.25) is 0 Å². The average Bonchev–Trinajstić information content (AvgIpc) is 2.88. The lowest BCUT2D eigenvalue weighted by Crippen LogP contribution is -2.38. The van der Waals surface area contributed by atoms with Gasteiger partial charge in [-0.2, -0.15) is 0 Å². The van der Waals surface area contributed by atoms with Gasteiger partial charge in [0, 0.05) is 12.6 Å². The Morgan fingerprint density at radius 3 is 2.62 bits per heavy atom. The van der Waals surface area contributed by atoms with E-state index >= 15 is 0 Å². The highest BCUT2D eigenvalue weighted by atomic mass is 15.1. The molecular formula is C11H22N2. The van der Waals surface area contributed by atoms with Crippen molar-refractivity contribution in [1.29, 1.82) is 0 Å². The third-order valence-electron chi connectivity index (χ3n) is 3.62. The molecule has 0 amide bonds. The molecule has 0 aromatic rings. The fourth-order valence-electron chi connectivity index (χ4n) is 2.55. The van der Waals surface area contributed by atoms with Crippen LogP contribution in [0.4, 0.5) is 0 Å². The van der Waals surface area contributed by atoms with Gasteiger partial charge in [-0.1, -0.05) is 6.42 Å². The third-order valence-corrected chi connectivity index (χ3v) is 3.62. The van der Waals surface area contributed by atoms with E-state index in [2.05, 4.69) is 11.9 Å². The zero-order valence-electron chi connectivity index (χ0n) is 8.71. The summed E-state index contributed by atoms with van der Waals surface area (Å²) in [6.45, 7) is 2.51. The molecule has 0 aromatic carbocycles. The second-order valence-electron chi connectivity index (χ2n) is 4.93. The highest BCUT2D eigenvalue weighted by Crippen LogP contribution is 2.36. The Kier molecular flexibility index (Phi) is 2.89. The molecule has 1 aliphatic heterocycles. The highest BCUT2D eigenvalue weighted by Gasteiger charge is 2.34. The first-order valence-corrected chi connectivity index (χ1v) is 5.71. The van der Waals surface area contributed by atoms with Gasteiger partial charge < -0.3 is 10.6 Å². The van der Waals surface area contributed by atoms with Crippen LogP contribution in [0.1, 0.15) is 32.1 Å². The molecule has 0 bridgehead atoms. The molecule has 2 unspecified atom stereocenters. The summed E-state index contributed by atoms with van der Waals surface area (Å²) in [5, 5.41) is 0. The summed E-state index contributed by atoms with van der Waals surface area (Å²) in [5.74, 6) is 1.65. The van der Waals surface area contributed by atoms with Gasteiger partial charge >= 0.3 is 0 Å². The summed E-state index contributed by atoms with van der Waals surface area (Å²) in [6.07, 6.45) is 6.89. The fourth-order valence-corrected chi connectivity index (χ4v) is 2.55. The van der Waals surface area contributed by atoms with Crippen LogP contribution in [0.3, 0.4) is 0 Å². The first-order valence-electron chi connectivity index (χ1n) is 5.71. The summed E-state index contributed by atoms with van der Waals surface area (Å²) < 4.78 is 0. The number of rotatable bonds is 2. The fraction of sp³-hybridized carbons (Fsp3) is 1.00. The van der Waals surface area contributed by atoms with E-state index in [0.717, 1.165) is 11.8 Å². The zero-order chi connectivity index (χ0) is 9.26. The molecule has 0 radical (unpaired) electrons. The Morgan fingerprint density at radius 1 is 1.15 bits per heavy atom. The van der Waals surface area contributed by atoms with E-state index in [1.54, 1.807) is 0 Å². The van der Waals surface area contributed by atoms with Crippen molar-refractivity contribution < 1.29 is 0 Å². The predicted octanol–water partition coefficient (Wildman–Crippen LogP) is 1.46. The van der Waals surface area contributed by atoms with Crippen molar-refractivity contribution in [2.45, 2.75) is 38.1 Å². The van der Waals surface area contributed by atoms with Crippen LogP contribution in [-0.2, 0) is 0 Å². The number of likely N-dealkylation sites (tertiary alicyclic amines) is 1. The Labute approximate surface area is 81.5 Å². The molecule has 1 saturated carbocycles. The molecule has 1 saturated heterocycles. The molecule has 1 aliphatic carbocycles. The second kappa shape index (κ2) is 3.97. The van der Waals surface area contributed by atoms with Gasteiger partial charge in [0.15, 0.2) is 0 Å². The van der Waals surface area contributed by atoms with E-state index in [1.165, 1.54) is 45.2 Å². The van der Waals surface area contributed by atoms with Crippen LogP contribution in [0, 0.1) is 11.8 Å². The maximum atomic E-state index is 6.26. The molecule has 2 rings (SSSR count). The van der Waals surface area contributed by atoms with Crippen LogP contribution < -0.4 is 5.73 Å². The average molecular weight is 182 g/mol. The molecule has 2 aliphatic rings. The Hall–Kier alpha value is -0.0800. The van der Waals surface area contributed by atoms with Gasteiger partial charge in [0.25, 0.3) is 0 Å². The first-order chi connectivity index (χ1) is 6.27. The lowest BCUT2D eigenvalue weighted by Gasteiger charge is -2.25. The minimum Gasteiger partial charge on any atom is -0.327 e. The van der Waals surface area contributed by atoms with Gasteiger partial charge in [0.05, 0.1) is 0 Å². The van der Waals surface area contributed by atoms with Crippen molar-refractivity contribution in [2.75, 3.05) is 20.1 Å². The van der Waals surface area contributed by atoms with Crippen LogP contribution in [0.25, 0.3) is 0 Å². The van der Waals surface area contributed by atoms with Gasteiger partial charge in [-0.05, 0) is 51.1 Å². The Balaban J connectivity index is 1.87. The number of nitrogens with two attached hydrogens (primary N) is 1. The van der Waals surface area contributed by atoms with E-state index in [1.807, 2.05) is 0 Å². The Bertz CT molecular complexity index is 165. The van der Waals surface area contributed by atoms with Crippen LogP contribution in [0.15, 0.2) is 0 Å². The number of hydrogen-bond donors (Lipinski definition) is 1. The molecule has 2 atom stereocenters. The smallest absolute Gasteiger partial charge is 0.0108 e. The van der Waals surface area contributed by atoms with E-state index in [-0.39, 0.29) is 0 Å². The van der Waals surface area contributed by atoms with Crippen LogP contribution in [-0.4, -0.2) is 31.1 Å². The van der Waals surface area contributed by atoms with Gasteiger partial charge in [-0.25, -0.2) is 0 Å². The normalized spacial score (nSPS) is 34.2. The molecule has 0 spiro atoms. The first kappa shape index (κ1) is 9.47. The van der Waals surface area contributed by atoms with E-state index in [9.17, 15) is 0 Å². The topological polar surface area (TPSA) is 29.3 Å². The van der Waals surface area contributed by atoms with E-state index in [0.29, 0.717) is 6.04 Å². The quantitative estimate of drug-likeness (QED) is 0.700. The molecule has 0 aromatic heterocycles. The lowest BCUT2D eigenvalue weighted by molar-refractivity contribution is 0.261.